The number of halogens is 3. The molecule has 0 radical (unpaired) electrons. The van der Waals surface area contributed by atoms with Crippen LogP contribution in [0.4, 0.5) is 13.2 Å². The predicted molar refractivity (Wildman–Crippen MR) is 75.1 cm³/mol. The van der Waals surface area contributed by atoms with E-state index in [0.29, 0.717) is 17.0 Å². The van der Waals surface area contributed by atoms with Crippen molar-refractivity contribution in [3.05, 3.63) is 35.1 Å². The highest BCUT2D eigenvalue weighted by Gasteiger charge is 2.40. The number of aromatic nitrogens is 6. The summed E-state index contributed by atoms with van der Waals surface area (Å²) in [6.07, 6.45) is -1.86. The van der Waals surface area contributed by atoms with E-state index in [1.165, 1.54) is 17.1 Å². The Morgan fingerprint density at radius 1 is 1.38 bits per heavy atom. The number of hydrogen-bond acceptors (Lipinski definition) is 8. The maximum Gasteiger partial charge on any atom is 0.435 e. The van der Waals surface area contributed by atoms with E-state index in [2.05, 4.69) is 25.5 Å². The summed E-state index contributed by atoms with van der Waals surface area (Å²) in [5, 5.41) is 19.9. The lowest BCUT2D eigenvalue weighted by Crippen LogP contribution is -2.11. The Hall–Kier alpha value is -2.54. The van der Waals surface area contributed by atoms with Crippen LogP contribution in [0.25, 0.3) is 5.69 Å². The lowest BCUT2D eigenvalue weighted by Gasteiger charge is -2.02. The van der Waals surface area contributed by atoms with Gasteiger partial charge in [0.05, 0.1) is 11.9 Å². The highest BCUT2D eigenvalue weighted by molar-refractivity contribution is 8.00. The van der Waals surface area contributed by atoms with Crippen LogP contribution in [-0.2, 0) is 6.18 Å². The van der Waals surface area contributed by atoms with Crippen molar-refractivity contribution >= 4 is 29.1 Å². The molecule has 0 amide bonds. The summed E-state index contributed by atoms with van der Waals surface area (Å²) in [5.74, 6) is -1.70. The van der Waals surface area contributed by atoms with E-state index in [4.69, 9.17) is 5.11 Å². The molecule has 8 nitrogen and oxygen atoms in total. The Kier molecular flexibility index (Phi) is 4.19. The maximum atomic E-state index is 12.9. The summed E-state index contributed by atoms with van der Waals surface area (Å²) in [4.78, 5) is 17.4. The quantitative estimate of drug-likeness (QED) is 0.742. The van der Waals surface area contributed by atoms with Crippen LogP contribution < -0.4 is 0 Å². The van der Waals surface area contributed by atoms with Crippen molar-refractivity contribution in [1.82, 2.24) is 30.2 Å². The van der Waals surface area contributed by atoms with E-state index < -0.39 is 22.7 Å². The summed E-state index contributed by atoms with van der Waals surface area (Å²) >= 11 is 1.13. The number of carboxylic acids is 1. The highest BCUT2D eigenvalue weighted by Crippen LogP contribution is 2.39. The average molecular weight is 374 g/mol. The number of carboxylic acid groups (broad SMARTS) is 1. The third kappa shape index (κ3) is 3.21. The van der Waals surface area contributed by atoms with E-state index in [1.54, 1.807) is 12.1 Å². The zero-order chi connectivity index (χ0) is 17.3. The third-order valence-corrected chi connectivity index (χ3v) is 4.62. The van der Waals surface area contributed by atoms with E-state index in [9.17, 15) is 18.0 Å². The number of alkyl halides is 3. The van der Waals surface area contributed by atoms with Gasteiger partial charge < -0.3 is 5.11 Å². The topological polar surface area (TPSA) is 107 Å². The monoisotopic (exact) mass is 374 g/mol. The molecule has 3 heterocycles. The number of thiazole rings is 1. The lowest BCUT2D eigenvalue weighted by molar-refractivity contribution is -0.141. The molecule has 0 aliphatic carbocycles. The van der Waals surface area contributed by atoms with Gasteiger partial charge in [-0.25, -0.2) is 9.78 Å². The van der Waals surface area contributed by atoms with Crippen LogP contribution in [0.1, 0.15) is 15.4 Å². The minimum absolute atomic E-state index is 0.127. The normalized spacial score (nSPS) is 11.6. The van der Waals surface area contributed by atoms with Crippen LogP contribution in [0.15, 0.2) is 34.0 Å². The standard InChI is InChI=1S/C11H5F3N6O2S2/c12-11(13,14)7-6(8(21)22)23-10(16-7)24-9-17-18-19-20(9)5-2-1-3-15-4-5/h1-4H,(H,21,22). The highest BCUT2D eigenvalue weighted by atomic mass is 32.2. The second kappa shape index (κ2) is 6.16. The molecule has 0 aliphatic heterocycles. The molecule has 0 spiro atoms. The first kappa shape index (κ1) is 16.3. The fourth-order valence-corrected chi connectivity index (χ4v) is 3.54. The van der Waals surface area contributed by atoms with Gasteiger partial charge in [-0.15, -0.1) is 5.10 Å². The molecule has 0 atom stereocenters. The molecule has 0 bridgehead atoms. The van der Waals surface area contributed by atoms with Crippen molar-refractivity contribution < 1.29 is 23.1 Å². The molecule has 1 N–H and O–H groups in total. The van der Waals surface area contributed by atoms with Crippen LogP contribution in [0.2, 0.25) is 0 Å². The summed E-state index contributed by atoms with van der Waals surface area (Å²) in [6, 6.07) is 3.29. The molecule has 3 rings (SSSR count). The van der Waals surface area contributed by atoms with E-state index in [0.717, 1.165) is 11.8 Å². The summed E-state index contributed by atoms with van der Waals surface area (Å²) in [5.41, 5.74) is -0.945. The van der Waals surface area contributed by atoms with Crippen molar-refractivity contribution in [3.63, 3.8) is 0 Å². The summed E-state index contributed by atoms with van der Waals surface area (Å²) in [6.45, 7) is 0. The molecule has 13 heteroatoms. The Balaban J connectivity index is 1.96. The second-order valence-corrected chi connectivity index (χ2v) is 6.36. The maximum absolute atomic E-state index is 12.9. The molecular formula is C11H5F3N6O2S2. The number of tetrazole rings is 1. The molecule has 3 aromatic rings. The summed E-state index contributed by atoms with van der Waals surface area (Å²) < 4.78 is 39.7. The predicted octanol–water partition coefficient (Wildman–Crippen LogP) is 2.38. The van der Waals surface area contributed by atoms with Crippen LogP contribution in [0, 0.1) is 0 Å². The first-order valence-corrected chi connectivity index (χ1v) is 7.67. The van der Waals surface area contributed by atoms with Gasteiger partial charge in [0.15, 0.2) is 10.0 Å². The second-order valence-electron chi connectivity index (χ2n) is 4.15. The molecular weight excluding hydrogens is 369 g/mol. The smallest absolute Gasteiger partial charge is 0.435 e. The van der Waals surface area contributed by atoms with E-state index >= 15 is 0 Å². The zero-order valence-corrected chi connectivity index (χ0v) is 12.9. The Morgan fingerprint density at radius 3 is 2.75 bits per heavy atom. The van der Waals surface area contributed by atoms with Gasteiger partial charge in [-0.2, -0.15) is 17.9 Å². The van der Waals surface area contributed by atoms with Gasteiger partial charge in [0.25, 0.3) is 0 Å². The lowest BCUT2D eigenvalue weighted by atomic mass is 10.3. The van der Waals surface area contributed by atoms with Crippen LogP contribution >= 0.6 is 23.1 Å². The fourth-order valence-electron chi connectivity index (χ4n) is 1.64. The van der Waals surface area contributed by atoms with Crippen LogP contribution in [0.5, 0.6) is 0 Å². The number of aromatic carboxylic acids is 1. The number of hydrogen-bond donors (Lipinski definition) is 1. The number of carbonyl (C=O) groups is 1. The molecule has 0 unspecified atom stereocenters. The van der Waals surface area contributed by atoms with Crippen molar-refractivity contribution in [2.24, 2.45) is 0 Å². The van der Waals surface area contributed by atoms with E-state index in [-0.39, 0.29) is 9.50 Å². The molecule has 124 valence electrons. The minimum Gasteiger partial charge on any atom is -0.477 e. The summed E-state index contributed by atoms with van der Waals surface area (Å²) in [7, 11) is 0. The Labute approximate surface area is 139 Å². The third-order valence-electron chi connectivity index (χ3n) is 2.58. The zero-order valence-electron chi connectivity index (χ0n) is 11.3. The van der Waals surface area contributed by atoms with Gasteiger partial charge in [0.2, 0.25) is 5.16 Å². The first-order chi connectivity index (χ1) is 11.4. The average Bonchev–Trinajstić information content (AvgIpc) is 3.15. The van der Waals surface area contributed by atoms with Gasteiger partial charge in [0, 0.05) is 6.20 Å². The van der Waals surface area contributed by atoms with Gasteiger partial charge in [-0.05, 0) is 34.3 Å². The molecule has 0 saturated carbocycles. The molecule has 0 fully saturated rings. The number of pyridine rings is 1. The molecule has 0 saturated heterocycles. The van der Waals surface area contributed by atoms with Crippen molar-refractivity contribution in [1.29, 1.82) is 0 Å². The van der Waals surface area contributed by atoms with Crippen molar-refractivity contribution in [3.8, 4) is 5.69 Å². The SMILES string of the molecule is O=C(O)c1sc(Sc2nnnn2-c2cccnc2)nc1C(F)(F)F. The van der Waals surface area contributed by atoms with Gasteiger partial charge in [0.1, 0.15) is 4.88 Å². The Bertz CT molecular complexity index is 880. The molecule has 0 aromatic carbocycles. The number of rotatable bonds is 4. The van der Waals surface area contributed by atoms with E-state index in [1.807, 2.05) is 0 Å². The molecule has 3 aromatic heterocycles. The van der Waals surface area contributed by atoms with Gasteiger partial charge in [-0.1, -0.05) is 11.3 Å². The van der Waals surface area contributed by atoms with Gasteiger partial charge >= 0.3 is 12.1 Å². The van der Waals surface area contributed by atoms with Gasteiger partial charge in [-0.3, -0.25) is 4.98 Å². The number of nitrogens with zero attached hydrogens (tertiary/aromatic N) is 6. The first-order valence-electron chi connectivity index (χ1n) is 6.04. The minimum atomic E-state index is -4.86. The Morgan fingerprint density at radius 2 is 2.17 bits per heavy atom. The molecule has 24 heavy (non-hydrogen) atoms. The fraction of sp³-hybridized carbons (Fsp3) is 0.0909. The molecule has 0 aliphatic rings. The van der Waals surface area contributed by atoms with Crippen molar-refractivity contribution in [2.45, 2.75) is 15.7 Å². The largest absolute Gasteiger partial charge is 0.477 e. The van der Waals surface area contributed by atoms with Crippen LogP contribution in [-0.4, -0.2) is 41.3 Å². The van der Waals surface area contributed by atoms with Crippen LogP contribution in [0.3, 0.4) is 0 Å². The van der Waals surface area contributed by atoms with Crippen molar-refractivity contribution in [2.75, 3.05) is 0 Å².